The smallest absolute Gasteiger partial charge is 0.138 e. The lowest BCUT2D eigenvalue weighted by molar-refractivity contribution is 0.162. The molecule has 1 aromatic rings. The molecule has 2 N–H and O–H groups in total. The third-order valence-corrected chi connectivity index (χ3v) is 2.81. The molecule has 3 heteroatoms. The molecule has 1 heterocycles. The van der Waals surface area contributed by atoms with E-state index in [1.54, 1.807) is 12.4 Å². The fourth-order valence-electron chi connectivity index (χ4n) is 2.02. The molecular weight excluding hydrogens is 176 g/mol. The van der Waals surface area contributed by atoms with Crippen LogP contribution in [-0.2, 0) is 0 Å². The Kier molecular flexibility index (Phi) is 2.99. The third kappa shape index (κ3) is 2.04. The van der Waals surface area contributed by atoms with Crippen molar-refractivity contribution in [3.63, 3.8) is 0 Å². The van der Waals surface area contributed by atoms with E-state index in [1.807, 2.05) is 12.1 Å². The first kappa shape index (κ1) is 9.46. The average molecular weight is 192 g/mol. The van der Waals surface area contributed by atoms with E-state index in [-0.39, 0.29) is 0 Å². The summed E-state index contributed by atoms with van der Waals surface area (Å²) in [6.45, 7) is 0.727. The fourth-order valence-corrected chi connectivity index (χ4v) is 2.02. The van der Waals surface area contributed by atoms with Crippen LogP contribution in [0.15, 0.2) is 24.5 Å². The highest BCUT2D eigenvalue weighted by Crippen LogP contribution is 2.28. The first-order valence-corrected chi connectivity index (χ1v) is 5.17. The molecule has 3 nitrogen and oxygen atoms in total. The number of hydrogen-bond donors (Lipinski definition) is 1. The van der Waals surface area contributed by atoms with Crippen molar-refractivity contribution in [2.24, 2.45) is 11.7 Å². The van der Waals surface area contributed by atoms with Gasteiger partial charge in [-0.25, -0.2) is 0 Å². The van der Waals surface area contributed by atoms with Gasteiger partial charge in [-0.3, -0.25) is 4.98 Å². The highest BCUT2D eigenvalue weighted by Gasteiger charge is 2.27. The molecule has 2 atom stereocenters. The predicted octanol–water partition coefficient (Wildman–Crippen LogP) is 1.59. The molecule has 0 radical (unpaired) electrons. The second-order valence-corrected chi connectivity index (χ2v) is 3.77. The summed E-state index contributed by atoms with van der Waals surface area (Å²) in [4.78, 5) is 4.02. The molecule has 0 spiro atoms. The Balaban J connectivity index is 1.97. The molecule has 0 aromatic carbocycles. The van der Waals surface area contributed by atoms with Gasteiger partial charge in [-0.1, -0.05) is 0 Å². The van der Waals surface area contributed by atoms with E-state index in [0.29, 0.717) is 12.0 Å². The lowest BCUT2D eigenvalue weighted by Crippen LogP contribution is -2.27. The molecule has 0 bridgehead atoms. The van der Waals surface area contributed by atoms with Gasteiger partial charge >= 0.3 is 0 Å². The molecule has 1 aliphatic carbocycles. The van der Waals surface area contributed by atoms with Gasteiger partial charge in [0.25, 0.3) is 0 Å². The Morgan fingerprint density at radius 3 is 3.14 bits per heavy atom. The Bertz CT molecular complexity index is 276. The SMILES string of the molecule is NCC1CCCC1Oc1cccnc1. The van der Waals surface area contributed by atoms with E-state index in [4.69, 9.17) is 10.5 Å². The van der Waals surface area contributed by atoms with Crippen LogP contribution < -0.4 is 10.5 Å². The first-order valence-electron chi connectivity index (χ1n) is 5.17. The summed E-state index contributed by atoms with van der Waals surface area (Å²) in [5.41, 5.74) is 5.68. The van der Waals surface area contributed by atoms with Crippen molar-refractivity contribution >= 4 is 0 Å². The highest BCUT2D eigenvalue weighted by molar-refractivity contribution is 5.16. The van der Waals surface area contributed by atoms with Gasteiger partial charge in [0.05, 0.1) is 6.20 Å². The second-order valence-electron chi connectivity index (χ2n) is 3.77. The number of aromatic nitrogens is 1. The lowest BCUT2D eigenvalue weighted by atomic mass is 10.1. The lowest BCUT2D eigenvalue weighted by Gasteiger charge is -2.19. The van der Waals surface area contributed by atoms with Gasteiger partial charge in [0.1, 0.15) is 11.9 Å². The number of nitrogens with zero attached hydrogens (tertiary/aromatic N) is 1. The Labute approximate surface area is 84.3 Å². The van der Waals surface area contributed by atoms with Crippen LogP contribution in [0.5, 0.6) is 5.75 Å². The highest BCUT2D eigenvalue weighted by atomic mass is 16.5. The zero-order chi connectivity index (χ0) is 9.80. The molecule has 14 heavy (non-hydrogen) atoms. The monoisotopic (exact) mass is 192 g/mol. The molecule has 0 aliphatic heterocycles. The van der Waals surface area contributed by atoms with Crippen molar-refractivity contribution in [2.45, 2.75) is 25.4 Å². The fraction of sp³-hybridized carbons (Fsp3) is 0.545. The summed E-state index contributed by atoms with van der Waals surface area (Å²) in [7, 11) is 0. The minimum absolute atomic E-state index is 0.296. The summed E-state index contributed by atoms with van der Waals surface area (Å²) in [6.07, 6.45) is 7.35. The van der Waals surface area contributed by atoms with E-state index < -0.39 is 0 Å². The molecule has 2 rings (SSSR count). The molecule has 1 fully saturated rings. The summed E-state index contributed by atoms with van der Waals surface area (Å²) in [5, 5.41) is 0. The standard InChI is InChI=1S/C11H16N2O/c12-7-9-3-1-5-11(9)14-10-4-2-6-13-8-10/h2,4,6,8-9,11H,1,3,5,7,12H2. The molecule has 0 amide bonds. The summed E-state index contributed by atoms with van der Waals surface area (Å²) in [6, 6.07) is 3.83. The zero-order valence-electron chi connectivity index (χ0n) is 8.23. The van der Waals surface area contributed by atoms with E-state index in [0.717, 1.165) is 18.7 Å². The van der Waals surface area contributed by atoms with E-state index in [1.165, 1.54) is 12.8 Å². The molecule has 76 valence electrons. The van der Waals surface area contributed by atoms with Crippen molar-refractivity contribution in [3.05, 3.63) is 24.5 Å². The number of ether oxygens (including phenoxy) is 1. The van der Waals surface area contributed by atoms with Gasteiger partial charge < -0.3 is 10.5 Å². The quantitative estimate of drug-likeness (QED) is 0.791. The largest absolute Gasteiger partial charge is 0.488 e. The molecular formula is C11H16N2O. The molecule has 1 aromatic heterocycles. The van der Waals surface area contributed by atoms with Crippen LogP contribution in [0.1, 0.15) is 19.3 Å². The van der Waals surface area contributed by atoms with E-state index in [9.17, 15) is 0 Å². The summed E-state index contributed by atoms with van der Waals surface area (Å²) in [5.74, 6) is 1.38. The minimum atomic E-state index is 0.296. The van der Waals surface area contributed by atoms with Crippen molar-refractivity contribution in [2.75, 3.05) is 6.54 Å². The van der Waals surface area contributed by atoms with Crippen LogP contribution in [0.25, 0.3) is 0 Å². The molecule has 0 saturated heterocycles. The minimum Gasteiger partial charge on any atom is -0.488 e. The Morgan fingerprint density at radius 2 is 2.43 bits per heavy atom. The van der Waals surface area contributed by atoms with Crippen LogP contribution in [0.4, 0.5) is 0 Å². The maximum atomic E-state index is 5.84. The third-order valence-electron chi connectivity index (χ3n) is 2.81. The Hall–Kier alpha value is -1.09. The van der Waals surface area contributed by atoms with Crippen molar-refractivity contribution in [3.8, 4) is 5.75 Å². The number of rotatable bonds is 3. The van der Waals surface area contributed by atoms with E-state index in [2.05, 4.69) is 4.98 Å². The maximum absolute atomic E-state index is 5.84. The zero-order valence-corrected chi connectivity index (χ0v) is 8.23. The topological polar surface area (TPSA) is 48.1 Å². The maximum Gasteiger partial charge on any atom is 0.138 e. The number of pyridine rings is 1. The molecule has 2 unspecified atom stereocenters. The van der Waals surface area contributed by atoms with Crippen molar-refractivity contribution in [1.29, 1.82) is 0 Å². The predicted molar refractivity (Wildman–Crippen MR) is 55.0 cm³/mol. The number of hydrogen-bond acceptors (Lipinski definition) is 3. The van der Waals surface area contributed by atoms with Gasteiger partial charge in [0.2, 0.25) is 0 Å². The Morgan fingerprint density at radius 1 is 1.50 bits per heavy atom. The molecule has 1 saturated carbocycles. The van der Waals surface area contributed by atoms with Gasteiger partial charge in [0.15, 0.2) is 0 Å². The van der Waals surface area contributed by atoms with E-state index >= 15 is 0 Å². The van der Waals surface area contributed by atoms with Crippen LogP contribution in [0.2, 0.25) is 0 Å². The van der Waals surface area contributed by atoms with Crippen LogP contribution in [0, 0.1) is 5.92 Å². The van der Waals surface area contributed by atoms with Gasteiger partial charge in [-0.15, -0.1) is 0 Å². The van der Waals surface area contributed by atoms with Crippen molar-refractivity contribution < 1.29 is 4.74 Å². The average Bonchev–Trinajstić information content (AvgIpc) is 2.67. The normalized spacial score (nSPS) is 26.4. The first-order chi connectivity index (χ1) is 6.90. The van der Waals surface area contributed by atoms with Crippen LogP contribution >= 0.6 is 0 Å². The van der Waals surface area contributed by atoms with Gasteiger partial charge in [0, 0.05) is 12.1 Å². The van der Waals surface area contributed by atoms with Gasteiger partial charge in [-0.05, 0) is 37.9 Å². The van der Waals surface area contributed by atoms with Crippen LogP contribution in [0.3, 0.4) is 0 Å². The second kappa shape index (κ2) is 4.42. The molecule has 1 aliphatic rings. The summed E-state index contributed by atoms with van der Waals surface area (Å²) >= 11 is 0. The van der Waals surface area contributed by atoms with Gasteiger partial charge in [-0.2, -0.15) is 0 Å². The number of nitrogens with two attached hydrogens (primary N) is 1. The van der Waals surface area contributed by atoms with Crippen LogP contribution in [-0.4, -0.2) is 17.6 Å². The van der Waals surface area contributed by atoms with Crippen molar-refractivity contribution in [1.82, 2.24) is 4.98 Å². The summed E-state index contributed by atoms with van der Waals surface area (Å²) < 4.78 is 5.84.